The Morgan fingerprint density at radius 2 is 2.19 bits per heavy atom. The Bertz CT molecular complexity index is 710. The van der Waals surface area contributed by atoms with E-state index in [-0.39, 0.29) is 10.9 Å². The molecular weight excluding hydrogens is 290 g/mol. The van der Waals surface area contributed by atoms with Crippen LogP contribution in [0.5, 0.6) is 5.75 Å². The SMILES string of the molecule is CCn1cc(S(=O)(=O)NC(C)c2cccc(OC)c2)cn1. The summed E-state index contributed by atoms with van der Waals surface area (Å²) in [6.07, 6.45) is 2.87. The van der Waals surface area contributed by atoms with Crippen LogP contribution in [-0.4, -0.2) is 25.3 Å². The van der Waals surface area contributed by atoms with Crippen molar-refractivity contribution < 1.29 is 13.2 Å². The Balaban J connectivity index is 2.19. The summed E-state index contributed by atoms with van der Waals surface area (Å²) in [6.45, 7) is 4.31. The van der Waals surface area contributed by atoms with Crippen LogP contribution in [0.25, 0.3) is 0 Å². The van der Waals surface area contributed by atoms with Gasteiger partial charge >= 0.3 is 0 Å². The molecule has 114 valence electrons. The second-order valence-electron chi connectivity index (χ2n) is 4.65. The number of sulfonamides is 1. The molecule has 0 aliphatic carbocycles. The second kappa shape index (κ2) is 6.28. The first kappa shape index (κ1) is 15.5. The van der Waals surface area contributed by atoms with Crippen molar-refractivity contribution in [2.24, 2.45) is 0 Å². The normalized spacial score (nSPS) is 13.1. The van der Waals surface area contributed by atoms with Crippen LogP contribution in [0.1, 0.15) is 25.5 Å². The van der Waals surface area contributed by atoms with Crippen molar-refractivity contribution in [1.29, 1.82) is 0 Å². The molecule has 0 radical (unpaired) electrons. The van der Waals surface area contributed by atoms with Crippen molar-refractivity contribution >= 4 is 10.0 Å². The van der Waals surface area contributed by atoms with E-state index >= 15 is 0 Å². The standard InChI is InChI=1S/C14H19N3O3S/c1-4-17-10-14(9-15-17)21(18,19)16-11(2)12-6-5-7-13(8-12)20-3/h5-11,16H,4H2,1-3H3. The molecule has 21 heavy (non-hydrogen) atoms. The number of aromatic nitrogens is 2. The molecule has 1 heterocycles. The summed E-state index contributed by atoms with van der Waals surface area (Å²) < 4.78 is 34.0. The third kappa shape index (κ3) is 3.62. The number of ether oxygens (including phenoxy) is 1. The molecule has 1 unspecified atom stereocenters. The van der Waals surface area contributed by atoms with Crippen LogP contribution in [0.3, 0.4) is 0 Å². The topological polar surface area (TPSA) is 73.2 Å². The molecule has 1 aromatic carbocycles. The van der Waals surface area contributed by atoms with E-state index in [4.69, 9.17) is 4.74 Å². The fourth-order valence-electron chi connectivity index (χ4n) is 1.94. The summed E-state index contributed by atoms with van der Waals surface area (Å²) in [5, 5.41) is 3.99. The van der Waals surface area contributed by atoms with E-state index in [1.165, 1.54) is 12.4 Å². The van der Waals surface area contributed by atoms with Crippen molar-refractivity contribution in [3.8, 4) is 5.75 Å². The molecule has 1 N–H and O–H groups in total. The van der Waals surface area contributed by atoms with Crippen LogP contribution < -0.4 is 9.46 Å². The first-order chi connectivity index (χ1) is 9.96. The number of hydrogen-bond donors (Lipinski definition) is 1. The maximum absolute atomic E-state index is 12.3. The predicted octanol–water partition coefficient (Wildman–Crippen LogP) is 1.95. The van der Waals surface area contributed by atoms with Gasteiger partial charge in [-0.15, -0.1) is 0 Å². The molecule has 0 bridgehead atoms. The van der Waals surface area contributed by atoms with E-state index in [0.717, 1.165) is 5.56 Å². The zero-order valence-corrected chi connectivity index (χ0v) is 13.1. The highest BCUT2D eigenvalue weighted by Crippen LogP contribution is 2.20. The Hall–Kier alpha value is -1.86. The number of nitrogens with one attached hydrogen (secondary N) is 1. The molecule has 0 aliphatic heterocycles. The quantitative estimate of drug-likeness (QED) is 0.885. The fraction of sp³-hybridized carbons (Fsp3) is 0.357. The largest absolute Gasteiger partial charge is 0.497 e. The van der Waals surface area contributed by atoms with Crippen LogP contribution in [0.2, 0.25) is 0 Å². The molecule has 2 aromatic rings. The molecule has 0 amide bonds. The summed E-state index contributed by atoms with van der Waals surface area (Å²) >= 11 is 0. The third-order valence-corrected chi connectivity index (χ3v) is 4.66. The number of benzene rings is 1. The molecule has 0 aliphatic rings. The molecule has 0 saturated carbocycles. The van der Waals surface area contributed by atoms with Gasteiger partial charge in [-0.05, 0) is 31.5 Å². The van der Waals surface area contributed by atoms with Gasteiger partial charge in [-0.2, -0.15) is 5.10 Å². The second-order valence-corrected chi connectivity index (χ2v) is 6.37. The van der Waals surface area contributed by atoms with Crippen molar-refractivity contribution in [3.63, 3.8) is 0 Å². The average Bonchev–Trinajstić information content (AvgIpc) is 2.96. The zero-order chi connectivity index (χ0) is 15.5. The van der Waals surface area contributed by atoms with Crippen LogP contribution in [0.4, 0.5) is 0 Å². The number of nitrogens with zero attached hydrogens (tertiary/aromatic N) is 2. The van der Waals surface area contributed by atoms with E-state index in [1.807, 2.05) is 31.2 Å². The van der Waals surface area contributed by atoms with Gasteiger partial charge in [0.15, 0.2) is 0 Å². The first-order valence-corrected chi connectivity index (χ1v) is 8.13. The molecule has 0 saturated heterocycles. The van der Waals surface area contributed by atoms with Gasteiger partial charge in [0.1, 0.15) is 10.6 Å². The van der Waals surface area contributed by atoms with Gasteiger partial charge < -0.3 is 4.74 Å². The maximum Gasteiger partial charge on any atom is 0.244 e. The lowest BCUT2D eigenvalue weighted by molar-refractivity contribution is 0.413. The van der Waals surface area contributed by atoms with E-state index in [2.05, 4.69) is 9.82 Å². The smallest absolute Gasteiger partial charge is 0.244 e. The van der Waals surface area contributed by atoms with Gasteiger partial charge in [-0.1, -0.05) is 12.1 Å². The number of hydrogen-bond acceptors (Lipinski definition) is 4. The lowest BCUT2D eigenvalue weighted by atomic mass is 10.1. The minimum atomic E-state index is -3.59. The van der Waals surface area contributed by atoms with Crippen LogP contribution >= 0.6 is 0 Å². The molecule has 7 heteroatoms. The Morgan fingerprint density at radius 3 is 2.81 bits per heavy atom. The minimum absolute atomic E-state index is 0.166. The summed E-state index contributed by atoms with van der Waals surface area (Å²) in [6, 6.07) is 6.94. The molecule has 1 atom stereocenters. The minimum Gasteiger partial charge on any atom is -0.497 e. The molecule has 0 spiro atoms. The first-order valence-electron chi connectivity index (χ1n) is 6.65. The van der Waals surface area contributed by atoms with Gasteiger partial charge in [0.05, 0.1) is 13.3 Å². The summed E-state index contributed by atoms with van der Waals surface area (Å²) in [4.78, 5) is 0.166. The van der Waals surface area contributed by atoms with Gasteiger partial charge in [-0.25, -0.2) is 13.1 Å². The number of aryl methyl sites for hydroxylation is 1. The Kier molecular flexibility index (Phi) is 4.64. The Morgan fingerprint density at radius 1 is 1.43 bits per heavy atom. The summed E-state index contributed by atoms with van der Waals surface area (Å²) in [5.41, 5.74) is 0.834. The van der Waals surface area contributed by atoms with Crippen molar-refractivity contribution in [2.45, 2.75) is 31.3 Å². The lowest BCUT2D eigenvalue weighted by Crippen LogP contribution is -2.26. The number of methoxy groups -OCH3 is 1. The van der Waals surface area contributed by atoms with Crippen LogP contribution in [0, 0.1) is 0 Å². The molecule has 0 fully saturated rings. The molecule has 6 nitrogen and oxygen atoms in total. The van der Waals surface area contributed by atoms with E-state index < -0.39 is 10.0 Å². The highest BCUT2D eigenvalue weighted by molar-refractivity contribution is 7.89. The van der Waals surface area contributed by atoms with Gasteiger partial charge in [0.25, 0.3) is 0 Å². The van der Waals surface area contributed by atoms with Crippen LogP contribution in [0.15, 0.2) is 41.6 Å². The van der Waals surface area contributed by atoms with E-state index in [0.29, 0.717) is 12.3 Å². The van der Waals surface area contributed by atoms with Crippen molar-refractivity contribution in [1.82, 2.24) is 14.5 Å². The Labute approximate surface area is 124 Å². The van der Waals surface area contributed by atoms with E-state index in [9.17, 15) is 8.42 Å². The van der Waals surface area contributed by atoms with Gasteiger partial charge in [0, 0.05) is 18.8 Å². The highest BCUT2D eigenvalue weighted by Gasteiger charge is 2.20. The summed E-state index contributed by atoms with van der Waals surface area (Å²) in [5.74, 6) is 0.692. The summed E-state index contributed by atoms with van der Waals surface area (Å²) in [7, 11) is -2.01. The lowest BCUT2D eigenvalue weighted by Gasteiger charge is -2.14. The van der Waals surface area contributed by atoms with Gasteiger partial charge in [-0.3, -0.25) is 4.68 Å². The average molecular weight is 309 g/mol. The maximum atomic E-state index is 12.3. The van der Waals surface area contributed by atoms with Crippen molar-refractivity contribution in [2.75, 3.05) is 7.11 Å². The van der Waals surface area contributed by atoms with Crippen LogP contribution in [-0.2, 0) is 16.6 Å². The third-order valence-electron chi connectivity index (χ3n) is 3.17. The van der Waals surface area contributed by atoms with Gasteiger partial charge in [0.2, 0.25) is 10.0 Å². The monoisotopic (exact) mass is 309 g/mol. The predicted molar refractivity (Wildman–Crippen MR) is 79.6 cm³/mol. The number of rotatable bonds is 6. The molecule has 1 aromatic heterocycles. The fourth-order valence-corrected chi connectivity index (χ4v) is 3.12. The van der Waals surface area contributed by atoms with E-state index in [1.54, 1.807) is 18.7 Å². The highest BCUT2D eigenvalue weighted by atomic mass is 32.2. The van der Waals surface area contributed by atoms with Crippen molar-refractivity contribution in [3.05, 3.63) is 42.2 Å². The molecule has 2 rings (SSSR count). The zero-order valence-electron chi connectivity index (χ0n) is 12.3. The molecular formula is C14H19N3O3S.